The van der Waals surface area contributed by atoms with Gasteiger partial charge in [0.2, 0.25) is 0 Å². The summed E-state index contributed by atoms with van der Waals surface area (Å²) in [4.78, 5) is 10.5. The molecule has 0 bridgehead atoms. The van der Waals surface area contributed by atoms with E-state index in [0.29, 0.717) is 5.56 Å². The number of nitrogens with zero attached hydrogens (tertiary/aromatic N) is 2. The number of carboxylic acids is 1. The lowest BCUT2D eigenvalue weighted by molar-refractivity contribution is -0.137. The van der Waals surface area contributed by atoms with Crippen molar-refractivity contribution in [3.05, 3.63) is 36.4 Å². The van der Waals surface area contributed by atoms with Crippen LogP contribution in [0.3, 0.4) is 0 Å². The Morgan fingerprint density at radius 3 is 2.94 bits per heavy atom. The molecular formula is C11H9FN2O3. The van der Waals surface area contributed by atoms with Gasteiger partial charge < -0.3 is 10.2 Å². The monoisotopic (exact) mass is 236 g/mol. The van der Waals surface area contributed by atoms with Gasteiger partial charge in [-0.05, 0) is 18.2 Å². The van der Waals surface area contributed by atoms with Crippen LogP contribution in [-0.4, -0.2) is 26.0 Å². The lowest BCUT2D eigenvalue weighted by Crippen LogP contribution is -2.08. The Morgan fingerprint density at radius 1 is 1.47 bits per heavy atom. The lowest BCUT2D eigenvalue weighted by atomic mass is 10.1. The van der Waals surface area contributed by atoms with Crippen molar-refractivity contribution in [2.45, 2.75) is 6.54 Å². The summed E-state index contributed by atoms with van der Waals surface area (Å²) in [5.74, 6) is -1.60. The zero-order valence-electron chi connectivity index (χ0n) is 8.67. The highest BCUT2D eigenvalue weighted by Crippen LogP contribution is 2.25. The fourth-order valence-corrected chi connectivity index (χ4v) is 1.46. The van der Waals surface area contributed by atoms with E-state index in [2.05, 4.69) is 5.10 Å². The predicted octanol–water partition coefficient (Wildman–Crippen LogP) is 1.48. The number of phenols is 1. The average molecular weight is 236 g/mol. The van der Waals surface area contributed by atoms with Gasteiger partial charge in [-0.25, -0.2) is 4.39 Å². The van der Waals surface area contributed by atoms with Crippen LogP contribution in [0.4, 0.5) is 4.39 Å². The number of aromatic nitrogens is 2. The van der Waals surface area contributed by atoms with E-state index in [9.17, 15) is 14.3 Å². The van der Waals surface area contributed by atoms with Crippen molar-refractivity contribution in [1.82, 2.24) is 9.78 Å². The molecule has 1 aromatic carbocycles. The fourth-order valence-electron chi connectivity index (χ4n) is 1.46. The van der Waals surface area contributed by atoms with E-state index in [1.807, 2.05) is 0 Å². The molecule has 0 atom stereocenters. The summed E-state index contributed by atoms with van der Waals surface area (Å²) in [5, 5.41) is 21.6. The molecule has 1 aromatic heterocycles. The molecule has 0 aliphatic rings. The molecule has 2 rings (SSSR count). The minimum absolute atomic E-state index is 0.0626. The number of benzene rings is 1. The largest absolute Gasteiger partial charge is 0.508 e. The summed E-state index contributed by atoms with van der Waals surface area (Å²) in [7, 11) is 0. The molecule has 1 heterocycles. The van der Waals surface area contributed by atoms with Gasteiger partial charge in [-0.3, -0.25) is 9.48 Å². The van der Waals surface area contributed by atoms with Gasteiger partial charge in [0.05, 0.1) is 6.20 Å². The second kappa shape index (κ2) is 4.25. The molecule has 0 fully saturated rings. The van der Waals surface area contributed by atoms with Gasteiger partial charge >= 0.3 is 5.97 Å². The molecule has 6 heteroatoms. The number of aliphatic carboxylic acids is 1. The molecule has 2 N–H and O–H groups in total. The van der Waals surface area contributed by atoms with Crippen LogP contribution < -0.4 is 0 Å². The maximum Gasteiger partial charge on any atom is 0.325 e. The Morgan fingerprint density at radius 2 is 2.24 bits per heavy atom. The highest BCUT2D eigenvalue weighted by Gasteiger charge is 2.09. The van der Waals surface area contributed by atoms with E-state index in [-0.39, 0.29) is 17.9 Å². The van der Waals surface area contributed by atoms with E-state index < -0.39 is 11.8 Å². The molecule has 0 amide bonds. The van der Waals surface area contributed by atoms with Crippen LogP contribution in [-0.2, 0) is 11.3 Å². The van der Waals surface area contributed by atoms with Crippen LogP contribution in [0.2, 0.25) is 0 Å². The van der Waals surface area contributed by atoms with Gasteiger partial charge in [0.15, 0.2) is 0 Å². The van der Waals surface area contributed by atoms with Crippen molar-refractivity contribution >= 4 is 5.97 Å². The molecular weight excluding hydrogens is 227 g/mol. The third kappa shape index (κ3) is 2.41. The minimum atomic E-state index is -1.03. The van der Waals surface area contributed by atoms with E-state index in [0.717, 1.165) is 6.07 Å². The number of hydrogen-bond donors (Lipinski definition) is 2. The van der Waals surface area contributed by atoms with Crippen molar-refractivity contribution in [2.75, 3.05) is 0 Å². The standard InChI is InChI=1S/C11H9FN2O3/c12-10-2-1-8(15)3-9(10)7-4-13-14(5-7)6-11(16)17/h1-5,15H,6H2,(H,16,17). The lowest BCUT2D eigenvalue weighted by Gasteiger charge is -2.00. The molecule has 88 valence electrons. The first-order chi connectivity index (χ1) is 8.06. The van der Waals surface area contributed by atoms with Crippen LogP contribution >= 0.6 is 0 Å². The molecule has 0 saturated heterocycles. The maximum absolute atomic E-state index is 13.5. The van der Waals surface area contributed by atoms with E-state index >= 15 is 0 Å². The van der Waals surface area contributed by atoms with E-state index in [1.54, 1.807) is 0 Å². The second-order valence-corrected chi connectivity index (χ2v) is 3.48. The van der Waals surface area contributed by atoms with Crippen molar-refractivity contribution in [3.8, 4) is 16.9 Å². The Labute approximate surface area is 95.7 Å². The molecule has 17 heavy (non-hydrogen) atoms. The average Bonchev–Trinajstić information content (AvgIpc) is 2.69. The van der Waals surface area contributed by atoms with Gasteiger partial charge in [0.25, 0.3) is 0 Å². The Balaban J connectivity index is 2.36. The number of halogens is 1. The van der Waals surface area contributed by atoms with Crippen LogP contribution in [0, 0.1) is 5.82 Å². The Bertz CT molecular complexity index is 566. The van der Waals surface area contributed by atoms with Crippen LogP contribution in [0.5, 0.6) is 5.75 Å². The Hall–Kier alpha value is -2.37. The van der Waals surface area contributed by atoms with Crippen LogP contribution in [0.25, 0.3) is 11.1 Å². The highest BCUT2D eigenvalue weighted by molar-refractivity contribution is 5.67. The first-order valence-electron chi connectivity index (χ1n) is 4.79. The number of hydrogen-bond acceptors (Lipinski definition) is 3. The number of phenolic OH excluding ortho intramolecular Hbond substituents is 1. The zero-order chi connectivity index (χ0) is 12.4. The normalized spacial score (nSPS) is 10.4. The topological polar surface area (TPSA) is 75.3 Å². The third-order valence-electron chi connectivity index (χ3n) is 2.19. The summed E-state index contributed by atoms with van der Waals surface area (Å²) >= 11 is 0. The maximum atomic E-state index is 13.5. The predicted molar refractivity (Wildman–Crippen MR) is 56.9 cm³/mol. The Kier molecular flexibility index (Phi) is 2.78. The first kappa shape index (κ1) is 11.1. The summed E-state index contributed by atoms with van der Waals surface area (Å²) in [6.45, 7) is -0.291. The SMILES string of the molecule is O=C(O)Cn1cc(-c2cc(O)ccc2F)cn1. The summed E-state index contributed by atoms with van der Waals surface area (Å²) < 4.78 is 14.6. The molecule has 0 spiro atoms. The minimum Gasteiger partial charge on any atom is -0.508 e. The summed E-state index contributed by atoms with van der Waals surface area (Å²) in [6, 6.07) is 3.64. The summed E-state index contributed by atoms with van der Waals surface area (Å²) in [6.07, 6.45) is 2.76. The molecule has 2 aromatic rings. The summed E-state index contributed by atoms with van der Waals surface area (Å²) in [5.41, 5.74) is 0.598. The van der Waals surface area contributed by atoms with Gasteiger partial charge in [-0.1, -0.05) is 0 Å². The second-order valence-electron chi connectivity index (χ2n) is 3.48. The molecule has 5 nitrogen and oxygen atoms in total. The van der Waals surface area contributed by atoms with Gasteiger partial charge in [0.1, 0.15) is 18.1 Å². The zero-order valence-corrected chi connectivity index (χ0v) is 8.67. The number of aromatic hydroxyl groups is 1. The molecule has 0 aliphatic carbocycles. The molecule has 0 unspecified atom stereocenters. The van der Waals surface area contributed by atoms with E-state index in [1.165, 1.54) is 29.2 Å². The number of rotatable bonds is 3. The van der Waals surface area contributed by atoms with Crippen molar-refractivity contribution in [1.29, 1.82) is 0 Å². The molecule has 0 aliphatic heterocycles. The molecule has 0 radical (unpaired) electrons. The highest BCUT2D eigenvalue weighted by atomic mass is 19.1. The van der Waals surface area contributed by atoms with Crippen LogP contribution in [0.15, 0.2) is 30.6 Å². The number of carboxylic acid groups (broad SMARTS) is 1. The first-order valence-corrected chi connectivity index (χ1v) is 4.79. The number of carbonyl (C=O) groups is 1. The molecule has 0 saturated carbocycles. The van der Waals surface area contributed by atoms with Crippen molar-refractivity contribution in [3.63, 3.8) is 0 Å². The van der Waals surface area contributed by atoms with Gasteiger partial charge in [0, 0.05) is 17.3 Å². The van der Waals surface area contributed by atoms with Gasteiger partial charge in [-0.2, -0.15) is 5.10 Å². The third-order valence-corrected chi connectivity index (χ3v) is 2.19. The quantitative estimate of drug-likeness (QED) is 0.846. The van der Waals surface area contributed by atoms with Crippen LogP contribution in [0.1, 0.15) is 0 Å². The smallest absolute Gasteiger partial charge is 0.325 e. The van der Waals surface area contributed by atoms with Crippen molar-refractivity contribution in [2.24, 2.45) is 0 Å². The van der Waals surface area contributed by atoms with Crippen molar-refractivity contribution < 1.29 is 19.4 Å². The fraction of sp³-hybridized carbons (Fsp3) is 0.0909. The van der Waals surface area contributed by atoms with Gasteiger partial charge in [-0.15, -0.1) is 0 Å². The van der Waals surface area contributed by atoms with E-state index in [4.69, 9.17) is 5.11 Å².